The van der Waals surface area contributed by atoms with Gasteiger partial charge in [-0.15, -0.1) is 10.2 Å². The number of hydrogen-bond acceptors (Lipinski definition) is 7. The number of sulfonamides is 1. The van der Waals surface area contributed by atoms with E-state index in [1.54, 1.807) is 19.2 Å². The summed E-state index contributed by atoms with van der Waals surface area (Å²) in [6.45, 7) is 2.08. The SMILES string of the molecule is COc1ccc(CCCNS(=O)(=O)c2nnc(NC(=O)c3ccccc3C)s2)cc1. The first-order valence-electron chi connectivity index (χ1n) is 9.22. The van der Waals surface area contributed by atoms with Crippen molar-refractivity contribution in [1.29, 1.82) is 0 Å². The summed E-state index contributed by atoms with van der Waals surface area (Å²) in [5.41, 5.74) is 2.40. The number of aromatic nitrogens is 2. The van der Waals surface area contributed by atoms with Gasteiger partial charge in [0.1, 0.15) is 5.75 Å². The molecule has 10 heteroatoms. The number of nitrogens with one attached hydrogen (secondary N) is 2. The molecule has 0 atom stereocenters. The minimum Gasteiger partial charge on any atom is -0.497 e. The van der Waals surface area contributed by atoms with Crippen molar-refractivity contribution in [2.45, 2.75) is 24.1 Å². The van der Waals surface area contributed by atoms with Crippen LogP contribution in [0, 0.1) is 6.92 Å². The van der Waals surface area contributed by atoms with E-state index in [1.807, 2.05) is 43.3 Å². The van der Waals surface area contributed by atoms with Gasteiger partial charge in [-0.2, -0.15) is 0 Å². The van der Waals surface area contributed by atoms with Gasteiger partial charge in [-0.3, -0.25) is 10.1 Å². The molecular formula is C20H22N4O4S2. The summed E-state index contributed by atoms with van der Waals surface area (Å²) in [7, 11) is -2.18. The van der Waals surface area contributed by atoms with E-state index in [4.69, 9.17) is 4.74 Å². The second-order valence-electron chi connectivity index (χ2n) is 6.49. The summed E-state index contributed by atoms with van der Waals surface area (Å²) >= 11 is 0.809. The van der Waals surface area contributed by atoms with Gasteiger partial charge in [0.05, 0.1) is 7.11 Å². The molecule has 30 heavy (non-hydrogen) atoms. The Hall–Kier alpha value is -2.82. The second kappa shape index (κ2) is 9.79. The van der Waals surface area contributed by atoms with Gasteiger partial charge in [-0.1, -0.05) is 41.7 Å². The van der Waals surface area contributed by atoms with Gasteiger partial charge in [0, 0.05) is 12.1 Å². The Labute approximate surface area is 179 Å². The van der Waals surface area contributed by atoms with Crippen molar-refractivity contribution in [1.82, 2.24) is 14.9 Å². The molecule has 0 bridgehead atoms. The number of hydrogen-bond donors (Lipinski definition) is 2. The van der Waals surface area contributed by atoms with Crippen molar-refractivity contribution in [3.63, 3.8) is 0 Å². The molecule has 0 unspecified atom stereocenters. The quantitative estimate of drug-likeness (QED) is 0.386. The molecule has 2 N–H and O–H groups in total. The number of anilines is 1. The number of aryl methyl sites for hydroxylation is 2. The topological polar surface area (TPSA) is 110 Å². The van der Waals surface area contributed by atoms with Crippen molar-refractivity contribution in [3.8, 4) is 5.75 Å². The minimum absolute atomic E-state index is 0.127. The molecule has 0 saturated heterocycles. The molecule has 1 heterocycles. The lowest BCUT2D eigenvalue weighted by Gasteiger charge is -2.05. The first-order valence-corrected chi connectivity index (χ1v) is 11.5. The van der Waals surface area contributed by atoms with Crippen LogP contribution in [0.3, 0.4) is 0 Å². The molecule has 3 aromatic rings. The monoisotopic (exact) mass is 446 g/mol. The van der Waals surface area contributed by atoms with Crippen LogP contribution in [0.1, 0.15) is 27.9 Å². The van der Waals surface area contributed by atoms with Crippen LogP contribution in [-0.2, 0) is 16.4 Å². The lowest BCUT2D eigenvalue weighted by atomic mass is 10.1. The summed E-state index contributed by atoms with van der Waals surface area (Å²) < 4.78 is 32.3. The van der Waals surface area contributed by atoms with Gasteiger partial charge in [-0.05, 0) is 49.1 Å². The van der Waals surface area contributed by atoms with Crippen LogP contribution in [0.15, 0.2) is 52.9 Å². The molecule has 0 aliphatic carbocycles. The lowest BCUT2D eigenvalue weighted by molar-refractivity contribution is 0.102. The van der Waals surface area contributed by atoms with Gasteiger partial charge in [0.15, 0.2) is 0 Å². The molecule has 1 amide bonds. The average molecular weight is 447 g/mol. The Bertz CT molecular complexity index is 1110. The van der Waals surface area contributed by atoms with Crippen molar-refractivity contribution in [2.24, 2.45) is 0 Å². The number of rotatable bonds is 9. The largest absolute Gasteiger partial charge is 0.497 e. The van der Waals surface area contributed by atoms with E-state index < -0.39 is 10.0 Å². The lowest BCUT2D eigenvalue weighted by Crippen LogP contribution is -2.25. The van der Waals surface area contributed by atoms with Gasteiger partial charge in [0.25, 0.3) is 15.9 Å². The number of benzene rings is 2. The Morgan fingerprint density at radius 3 is 2.53 bits per heavy atom. The molecule has 1 aromatic heterocycles. The van der Waals surface area contributed by atoms with Gasteiger partial charge >= 0.3 is 0 Å². The van der Waals surface area contributed by atoms with E-state index in [0.29, 0.717) is 12.0 Å². The molecule has 158 valence electrons. The third-order valence-corrected chi connectivity index (χ3v) is 7.01. The number of nitrogens with zero attached hydrogens (tertiary/aromatic N) is 2. The highest BCUT2D eigenvalue weighted by atomic mass is 32.2. The van der Waals surface area contributed by atoms with E-state index >= 15 is 0 Å². The second-order valence-corrected chi connectivity index (χ2v) is 9.41. The highest BCUT2D eigenvalue weighted by Crippen LogP contribution is 2.21. The highest BCUT2D eigenvalue weighted by Gasteiger charge is 2.21. The number of carbonyl (C=O) groups is 1. The summed E-state index contributed by atoms with van der Waals surface area (Å²) in [5.74, 6) is 0.418. The maximum Gasteiger partial charge on any atom is 0.269 e. The molecule has 0 radical (unpaired) electrons. The zero-order valence-corrected chi connectivity index (χ0v) is 18.2. The van der Waals surface area contributed by atoms with E-state index in [0.717, 1.165) is 34.6 Å². The Morgan fingerprint density at radius 1 is 1.10 bits per heavy atom. The van der Waals surface area contributed by atoms with E-state index in [9.17, 15) is 13.2 Å². The fourth-order valence-electron chi connectivity index (χ4n) is 2.71. The molecule has 0 spiro atoms. The zero-order chi connectivity index (χ0) is 21.6. The molecule has 3 rings (SSSR count). The maximum atomic E-state index is 12.4. The Kier molecular flexibility index (Phi) is 7.14. The van der Waals surface area contributed by atoms with Crippen LogP contribution in [0.2, 0.25) is 0 Å². The molecular weight excluding hydrogens is 424 g/mol. The fraction of sp³-hybridized carbons (Fsp3) is 0.250. The summed E-state index contributed by atoms with van der Waals surface area (Å²) in [6, 6.07) is 14.7. The first-order chi connectivity index (χ1) is 14.4. The van der Waals surface area contributed by atoms with Gasteiger partial charge in [0.2, 0.25) is 9.47 Å². The van der Waals surface area contributed by atoms with E-state index in [-0.39, 0.29) is 21.9 Å². The normalized spacial score (nSPS) is 11.3. The Balaban J connectivity index is 1.53. The van der Waals surface area contributed by atoms with Crippen LogP contribution in [0.25, 0.3) is 0 Å². The van der Waals surface area contributed by atoms with Crippen LogP contribution in [0.5, 0.6) is 5.75 Å². The predicted octanol–water partition coefficient (Wildman–Crippen LogP) is 3.02. The zero-order valence-electron chi connectivity index (χ0n) is 16.6. The smallest absolute Gasteiger partial charge is 0.269 e. The molecule has 0 aliphatic heterocycles. The summed E-state index contributed by atoms with van der Waals surface area (Å²) in [5, 5.41) is 10.2. The average Bonchev–Trinajstić information content (AvgIpc) is 3.21. The van der Waals surface area contributed by atoms with E-state index in [1.165, 1.54) is 0 Å². The summed E-state index contributed by atoms with van der Waals surface area (Å²) in [6.07, 6.45) is 1.35. The third kappa shape index (κ3) is 5.62. The standard InChI is InChI=1S/C20H22N4O4S2/c1-14-6-3-4-8-17(14)18(25)22-19-23-24-20(29-19)30(26,27)21-13-5-7-15-9-11-16(28-2)12-10-15/h3-4,6,8-12,21H,5,7,13H2,1-2H3,(H,22,23,25). The minimum atomic E-state index is -3.79. The van der Waals surface area contributed by atoms with Crippen molar-refractivity contribution >= 4 is 32.4 Å². The highest BCUT2D eigenvalue weighted by molar-refractivity contribution is 7.91. The van der Waals surface area contributed by atoms with Gasteiger partial charge in [-0.25, -0.2) is 13.1 Å². The third-order valence-electron chi connectivity index (χ3n) is 4.34. The fourth-order valence-corrected chi connectivity index (χ4v) is 4.72. The van der Waals surface area contributed by atoms with Crippen molar-refractivity contribution < 1.29 is 17.9 Å². The van der Waals surface area contributed by atoms with Crippen molar-refractivity contribution in [2.75, 3.05) is 19.0 Å². The number of methoxy groups -OCH3 is 1. The summed E-state index contributed by atoms with van der Waals surface area (Å²) in [4.78, 5) is 12.3. The first kappa shape index (κ1) is 21.9. The van der Waals surface area contributed by atoms with Crippen LogP contribution in [0.4, 0.5) is 5.13 Å². The predicted molar refractivity (Wildman–Crippen MR) is 116 cm³/mol. The number of amides is 1. The van der Waals surface area contributed by atoms with Crippen LogP contribution >= 0.6 is 11.3 Å². The molecule has 0 aliphatic rings. The maximum absolute atomic E-state index is 12.4. The molecule has 0 fully saturated rings. The molecule has 0 saturated carbocycles. The van der Waals surface area contributed by atoms with Crippen molar-refractivity contribution in [3.05, 3.63) is 65.2 Å². The van der Waals surface area contributed by atoms with Gasteiger partial charge < -0.3 is 4.74 Å². The number of ether oxygens (including phenoxy) is 1. The Morgan fingerprint density at radius 2 is 1.83 bits per heavy atom. The van der Waals surface area contributed by atoms with Crippen LogP contribution < -0.4 is 14.8 Å². The number of carbonyl (C=O) groups excluding carboxylic acids is 1. The molecule has 2 aromatic carbocycles. The van der Waals surface area contributed by atoms with Crippen LogP contribution in [-0.4, -0.2) is 38.2 Å². The van der Waals surface area contributed by atoms with E-state index in [2.05, 4.69) is 20.2 Å². The molecule has 8 nitrogen and oxygen atoms in total.